The Bertz CT molecular complexity index is 885. The van der Waals surface area contributed by atoms with E-state index in [-0.39, 0.29) is 28.1 Å². The summed E-state index contributed by atoms with van der Waals surface area (Å²) in [4.78, 5) is 27.7. The van der Waals surface area contributed by atoms with Crippen molar-refractivity contribution in [2.75, 3.05) is 0 Å². The summed E-state index contributed by atoms with van der Waals surface area (Å²) in [5, 5.41) is 11.5. The molecule has 1 fully saturated rings. The van der Waals surface area contributed by atoms with Crippen molar-refractivity contribution >= 4 is 34.3 Å². The van der Waals surface area contributed by atoms with Gasteiger partial charge in [-0.1, -0.05) is 42.0 Å². The number of rotatable bonds is 4. The number of thioether (sulfide) groups is 1. The highest BCUT2D eigenvalue weighted by Crippen LogP contribution is 2.40. The monoisotopic (exact) mass is 368 g/mol. The summed E-state index contributed by atoms with van der Waals surface area (Å²) >= 11 is 1.09. The molecule has 3 aliphatic rings. The van der Waals surface area contributed by atoms with Crippen molar-refractivity contribution in [3.8, 4) is 5.75 Å². The van der Waals surface area contributed by atoms with Gasteiger partial charge < -0.3 is 5.11 Å². The molecule has 2 amide bonds. The average Bonchev–Trinajstić information content (AvgIpc) is 3.09. The van der Waals surface area contributed by atoms with Crippen LogP contribution in [-0.2, 0) is 4.79 Å². The predicted molar refractivity (Wildman–Crippen MR) is 103 cm³/mol. The fourth-order valence-corrected chi connectivity index (χ4v) is 4.53. The highest BCUT2D eigenvalue weighted by molar-refractivity contribution is 8.15. The Hall–Kier alpha value is -2.34. The smallest absolute Gasteiger partial charge is 0.286 e. The number of amides is 2. The third kappa shape index (κ3) is 3.33. The van der Waals surface area contributed by atoms with Crippen LogP contribution in [0.25, 0.3) is 0 Å². The Labute approximate surface area is 156 Å². The zero-order valence-corrected chi connectivity index (χ0v) is 15.3. The van der Waals surface area contributed by atoms with Gasteiger partial charge in [0.25, 0.3) is 5.24 Å². The van der Waals surface area contributed by atoms with Crippen molar-refractivity contribution in [1.82, 2.24) is 5.32 Å². The number of carbonyl (C=O) groups is 2. The number of hydrogen-bond donors (Lipinski definition) is 2. The molecule has 134 valence electrons. The third-order valence-electron chi connectivity index (χ3n) is 5.19. The zero-order valence-electron chi connectivity index (χ0n) is 14.5. The van der Waals surface area contributed by atoms with Crippen LogP contribution >= 0.6 is 11.8 Å². The lowest BCUT2D eigenvalue weighted by atomic mass is 9.88. The van der Waals surface area contributed by atoms with Gasteiger partial charge in [0.1, 0.15) is 5.75 Å². The molecular weight excluding hydrogens is 348 g/mol. The second-order valence-electron chi connectivity index (χ2n) is 6.98. The number of fused-ring (bicyclic) bond motifs is 1. The molecule has 1 saturated heterocycles. The molecule has 0 aromatic heterocycles. The van der Waals surface area contributed by atoms with Crippen molar-refractivity contribution in [2.45, 2.75) is 43.8 Å². The number of aromatic hydroxyl groups is 1. The van der Waals surface area contributed by atoms with Gasteiger partial charge in [-0.3, -0.25) is 19.9 Å². The van der Waals surface area contributed by atoms with Gasteiger partial charge in [0, 0.05) is 18.1 Å². The number of allylic oxidation sites excluding steroid dienone is 4. The van der Waals surface area contributed by atoms with E-state index in [4.69, 9.17) is 4.99 Å². The standard InChI is InChI=1S/C20H20N2O3S/c1-11-15-10-14(23)6-7-16(15)21-17(11)8-12-2-4-13(5-3-12)9-18-19(24)22-20(25)26-18/h2,4,6-7,10-11,18,23H,3,5,8-9H2,1H3,(H,22,24,25). The zero-order chi connectivity index (χ0) is 18.3. The molecule has 5 nitrogen and oxygen atoms in total. The van der Waals surface area contributed by atoms with Crippen LogP contribution < -0.4 is 5.32 Å². The molecule has 2 unspecified atom stereocenters. The van der Waals surface area contributed by atoms with Crippen molar-refractivity contribution in [3.63, 3.8) is 0 Å². The number of imide groups is 1. The second-order valence-corrected chi connectivity index (χ2v) is 8.16. The molecule has 1 aliphatic carbocycles. The van der Waals surface area contributed by atoms with Crippen molar-refractivity contribution in [2.24, 2.45) is 4.99 Å². The first kappa shape index (κ1) is 17.1. The normalized spacial score (nSPS) is 24.7. The molecule has 2 heterocycles. The average molecular weight is 368 g/mol. The van der Waals surface area contributed by atoms with Crippen molar-refractivity contribution in [1.29, 1.82) is 0 Å². The lowest BCUT2D eigenvalue weighted by Crippen LogP contribution is -2.24. The number of nitrogens with one attached hydrogen (secondary N) is 1. The van der Waals surface area contributed by atoms with E-state index < -0.39 is 0 Å². The van der Waals surface area contributed by atoms with Gasteiger partial charge in [0.05, 0.1) is 10.9 Å². The first-order chi connectivity index (χ1) is 12.5. The molecule has 1 aromatic rings. The molecule has 2 N–H and O–H groups in total. The Balaban J connectivity index is 1.41. The summed E-state index contributed by atoms with van der Waals surface area (Å²) in [6.45, 7) is 2.13. The van der Waals surface area contributed by atoms with Crippen LogP contribution in [0.5, 0.6) is 5.75 Å². The number of aliphatic imine (C=N–C) groups is 1. The summed E-state index contributed by atoms with van der Waals surface area (Å²) in [6.07, 6.45) is 7.56. The number of hydrogen-bond acceptors (Lipinski definition) is 5. The number of benzene rings is 1. The Kier molecular flexibility index (Phi) is 4.44. The highest BCUT2D eigenvalue weighted by atomic mass is 32.2. The fraction of sp³-hybridized carbons (Fsp3) is 0.350. The summed E-state index contributed by atoms with van der Waals surface area (Å²) in [5.41, 5.74) is 5.71. The van der Waals surface area contributed by atoms with Crippen molar-refractivity contribution < 1.29 is 14.7 Å². The van der Waals surface area contributed by atoms with Crippen molar-refractivity contribution in [3.05, 3.63) is 47.1 Å². The minimum Gasteiger partial charge on any atom is -0.508 e. The quantitative estimate of drug-likeness (QED) is 0.828. The first-order valence-corrected chi connectivity index (χ1v) is 9.67. The van der Waals surface area contributed by atoms with Crippen LogP contribution in [-0.4, -0.2) is 27.2 Å². The van der Waals surface area contributed by atoms with E-state index in [1.54, 1.807) is 12.1 Å². The maximum atomic E-state index is 11.7. The van der Waals surface area contributed by atoms with E-state index in [1.807, 2.05) is 6.07 Å². The number of nitrogens with zero attached hydrogens (tertiary/aromatic N) is 1. The third-order valence-corrected chi connectivity index (χ3v) is 6.17. The summed E-state index contributed by atoms with van der Waals surface area (Å²) in [5.74, 6) is 0.322. The molecule has 6 heteroatoms. The van der Waals surface area contributed by atoms with E-state index in [2.05, 4.69) is 24.4 Å². The second kappa shape index (κ2) is 6.76. The van der Waals surface area contributed by atoms with Gasteiger partial charge >= 0.3 is 0 Å². The number of phenolic OH excluding ortho intramolecular Hbond substituents is 1. The van der Waals surface area contributed by atoms with Crippen LogP contribution in [0.15, 0.2) is 46.5 Å². The van der Waals surface area contributed by atoms with Crippen LogP contribution in [0.3, 0.4) is 0 Å². The van der Waals surface area contributed by atoms with Gasteiger partial charge in [0.15, 0.2) is 0 Å². The van der Waals surface area contributed by atoms with E-state index >= 15 is 0 Å². The number of carbonyl (C=O) groups excluding carboxylic acids is 2. The minimum absolute atomic E-state index is 0.175. The maximum Gasteiger partial charge on any atom is 0.286 e. The first-order valence-electron chi connectivity index (χ1n) is 8.79. The van der Waals surface area contributed by atoms with Gasteiger partial charge in [-0.2, -0.15) is 0 Å². The molecule has 0 saturated carbocycles. The molecule has 0 bridgehead atoms. The molecule has 1 aromatic carbocycles. The van der Waals surface area contributed by atoms with Crippen LogP contribution in [0.1, 0.15) is 44.1 Å². The summed E-state index contributed by atoms with van der Waals surface area (Å²) in [6, 6.07) is 5.34. The van der Waals surface area contributed by atoms with Gasteiger partial charge in [-0.15, -0.1) is 0 Å². The lowest BCUT2D eigenvalue weighted by Gasteiger charge is -2.17. The van der Waals surface area contributed by atoms with Gasteiger partial charge in [-0.25, -0.2) is 0 Å². The molecule has 0 radical (unpaired) electrons. The van der Waals surface area contributed by atoms with Gasteiger partial charge in [-0.05, 0) is 43.0 Å². The molecule has 2 aliphatic heterocycles. The Morgan fingerprint density at radius 3 is 2.69 bits per heavy atom. The van der Waals surface area contributed by atoms with Gasteiger partial charge in [0.2, 0.25) is 5.91 Å². The Morgan fingerprint density at radius 1 is 1.23 bits per heavy atom. The topological polar surface area (TPSA) is 78.8 Å². The summed E-state index contributed by atoms with van der Waals surface area (Å²) in [7, 11) is 0. The van der Waals surface area contributed by atoms with E-state index in [9.17, 15) is 14.7 Å². The lowest BCUT2D eigenvalue weighted by molar-refractivity contribution is -0.118. The molecule has 4 rings (SSSR count). The number of phenols is 1. The van der Waals surface area contributed by atoms with E-state index in [0.29, 0.717) is 6.42 Å². The Morgan fingerprint density at radius 2 is 2.00 bits per heavy atom. The van der Waals surface area contributed by atoms with Crippen LogP contribution in [0, 0.1) is 0 Å². The maximum absolute atomic E-state index is 11.7. The SMILES string of the molecule is CC1C(CC2=CC=C(CC3SC(=O)NC3=O)CC2)=Nc2ccc(O)cc21. The van der Waals surface area contributed by atoms with E-state index in [0.717, 1.165) is 48.0 Å². The van der Waals surface area contributed by atoms with Crippen LogP contribution in [0.2, 0.25) is 0 Å². The summed E-state index contributed by atoms with van der Waals surface area (Å²) < 4.78 is 0. The van der Waals surface area contributed by atoms with E-state index in [1.165, 1.54) is 11.1 Å². The highest BCUT2D eigenvalue weighted by Gasteiger charge is 2.32. The molecule has 2 atom stereocenters. The predicted octanol–water partition coefficient (Wildman–Crippen LogP) is 4.36. The van der Waals surface area contributed by atoms with Crippen LogP contribution in [0.4, 0.5) is 10.5 Å². The molecular formula is C20H20N2O3S. The fourth-order valence-electron chi connectivity index (χ4n) is 3.65. The molecule has 0 spiro atoms. The minimum atomic E-state index is -0.287. The largest absolute Gasteiger partial charge is 0.508 e. The molecule has 26 heavy (non-hydrogen) atoms.